The monoisotopic (exact) mass is 1190 g/mol. The summed E-state index contributed by atoms with van der Waals surface area (Å²) >= 11 is 0. The van der Waals surface area contributed by atoms with Crippen LogP contribution in [-0.2, 0) is 21.7 Å². The van der Waals surface area contributed by atoms with Crippen LogP contribution in [-0.4, -0.2) is 18.3 Å². The highest BCUT2D eigenvalue weighted by atomic mass is 16.3. The normalized spacial score (nSPS) is 13.0. The summed E-state index contributed by atoms with van der Waals surface area (Å²) < 4.78 is 24.2. The van der Waals surface area contributed by atoms with Gasteiger partial charge in [0.1, 0.15) is 17.2 Å². The van der Waals surface area contributed by atoms with Gasteiger partial charge in [-0.05, 0) is 117 Å². The van der Waals surface area contributed by atoms with E-state index in [9.17, 15) is 11.8 Å². The van der Waals surface area contributed by atoms with Gasteiger partial charge in [0.15, 0.2) is 11.2 Å². The maximum absolute atomic E-state index is 13.2. The quantitative estimate of drug-likeness (QED) is 0.165. The van der Waals surface area contributed by atoms with Gasteiger partial charge in [-0.2, -0.15) is 5.26 Å². The number of benzene rings is 11. The van der Waals surface area contributed by atoms with E-state index in [0.29, 0.717) is 39.6 Å². The molecule has 0 aliphatic rings. The fourth-order valence-corrected chi connectivity index (χ4v) is 15.4. The van der Waals surface area contributed by atoms with Crippen LogP contribution in [0.3, 0.4) is 0 Å². The van der Waals surface area contributed by atoms with Gasteiger partial charge in [-0.1, -0.05) is 204 Å². The molecule has 0 aliphatic carbocycles. The highest BCUT2D eigenvalue weighted by Crippen LogP contribution is 2.55. The molecule has 6 heterocycles. The number of hydrogen-bond acceptors (Lipinski definition) is 3. The molecule has 0 radical (unpaired) electrons. The van der Waals surface area contributed by atoms with Crippen LogP contribution in [0, 0.1) is 17.9 Å². The second kappa shape index (κ2) is 18.9. The van der Waals surface area contributed by atoms with Crippen molar-refractivity contribution >= 4 is 137 Å². The van der Waals surface area contributed by atoms with E-state index in [2.05, 4.69) is 289 Å². The third-order valence-electron chi connectivity index (χ3n) is 19.7. The number of hydrogen-bond donors (Lipinski definition) is 0. The summed E-state index contributed by atoms with van der Waals surface area (Å²) in [6.45, 7) is 37.6. The van der Waals surface area contributed by atoms with Gasteiger partial charge in [-0.3, -0.25) is 0 Å². The molecule has 446 valence electrons. The van der Waals surface area contributed by atoms with Gasteiger partial charge < -0.3 is 27.1 Å². The molecule has 0 amide bonds. The van der Waals surface area contributed by atoms with Gasteiger partial charge in [-0.15, -0.1) is 0 Å². The Hall–Kier alpha value is -10.8. The summed E-state index contributed by atoms with van der Waals surface area (Å²) in [5, 5.41) is 25.4. The minimum absolute atomic E-state index is 0.219. The Labute approximate surface area is 533 Å². The lowest BCUT2D eigenvalue weighted by molar-refractivity contribution is 0.591. The third-order valence-corrected chi connectivity index (χ3v) is 19.7. The average molecular weight is 1190 g/mol. The number of para-hydroxylation sites is 6. The highest BCUT2D eigenvalue weighted by Gasteiger charge is 2.38. The molecule has 0 bridgehead atoms. The van der Waals surface area contributed by atoms with Crippen LogP contribution >= 0.6 is 0 Å². The predicted molar refractivity (Wildman–Crippen MR) is 384 cm³/mol. The molecule has 0 atom stereocenters. The summed E-state index contributed by atoms with van der Waals surface area (Å²) in [6, 6.07) is 72.5. The number of furan rings is 2. The van der Waals surface area contributed by atoms with Crippen molar-refractivity contribution in [2.75, 3.05) is 0 Å². The Bertz CT molecular complexity index is 5940. The van der Waals surface area contributed by atoms with Gasteiger partial charge in [0.05, 0.1) is 79.0 Å². The summed E-state index contributed by atoms with van der Waals surface area (Å²) in [6.07, 6.45) is 0. The molecule has 0 fully saturated rings. The lowest BCUT2D eigenvalue weighted by Crippen LogP contribution is -2.15. The summed E-state index contributed by atoms with van der Waals surface area (Å²) in [5.41, 5.74) is 16.5. The van der Waals surface area contributed by atoms with Gasteiger partial charge in [0.25, 0.3) is 0 Å². The van der Waals surface area contributed by atoms with Gasteiger partial charge in [0, 0.05) is 64.6 Å². The van der Waals surface area contributed by atoms with E-state index in [0.717, 1.165) is 142 Å². The minimum Gasteiger partial charge on any atom is -0.454 e. The first kappa shape index (κ1) is 55.3. The highest BCUT2D eigenvalue weighted by molar-refractivity contribution is 6.26. The van der Waals surface area contributed by atoms with Gasteiger partial charge >= 0.3 is 0 Å². The van der Waals surface area contributed by atoms with Gasteiger partial charge in [0.2, 0.25) is 5.69 Å². The number of rotatable bonds is 4. The van der Waals surface area contributed by atoms with E-state index in [4.69, 9.17) is 13.7 Å². The van der Waals surface area contributed by atoms with Crippen LogP contribution in [0.1, 0.15) is 111 Å². The molecule has 0 N–H and O–H groups in total. The zero-order chi connectivity index (χ0) is 63.4. The molecule has 11 aromatic carbocycles. The van der Waals surface area contributed by atoms with E-state index >= 15 is 0 Å². The zero-order valence-corrected chi connectivity index (χ0v) is 54.0. The smallest absolute Gasteiger partial charge is 0.237 e. The van der Waals surface area contributed by atoms with Crippen molar-refractivity contribution < 1.29 is 8.83 Å². The summed E-state index contributed by atoms with van der Waals surface area (Å²) in [7, 11) is 0. The van der Waals surface area contributed by atoms with Crippen molar-refractivity contribution in [3.8, 4) is 28.8 Å². The topological polar surface area (TPSA) is 74.2 Å². The Morgan fingerprint density at radius 3 is 1.07 bits per heavy atom. The maximum atomic E-state index is 13.2. The number of fused-ring (bicyclic) bond motifs is 20. The van der Waals surface area contributed by atoms with E-state index in [1.54, 1.807) is 0 Å². The fraction of sp³-hybridized carbons (Fsp3) is 0.190. The number of nitriles is 1. The predicted octanol–water partition coefficient (Wildman–Crippen LogP) is 23.5. The first-order valence-corrected chi connectivity index (χ1v) is 32.0. The number of nitrogens with zero attached hydrogens (tertiary/aromatic N) is 6. The average Bonchev–Trinajstić information content (AvgIpc) is 1.48. The van der Waals surface area contributed by atoms with E-state index < -0.39 is 0 Å². The maximum Gasteiger partial charge on any atom is 0.237 e. The Balaban J connectivity index is 1.22. The molecule has 8 nitrogen and oxygen atoms in total. The SMILES string of the molecule is [C-]#[N+]c1c(-n2c3ccccc3c3ccccc32)c(-n2c3ccc(C(C)(C)C)cc3c3cc(C(C)(C)C)c4c5ccccc5oc4c32)c(-n2c3ccccc3c3ccccc32)c(C#N)c1-n1c2ccc(C(C)(C)C)cc2c2cc(C(C)(C)C)c3c4ccccc4oc3c21. The molecule has 17 aromatic rings. The van der Waals surface area contributed by atoms with Crippen molar-refractivity contribution in [2.24, 2.45) is 0 Å². The second-order valence-corrected chi connectivity index (χ2v) is 29.5. The lowest BCUT2D eigenvalue weighted by Gasteiger charge is -2.28. The van der Waals surface area contributed by atoms with E-state index in [-0.39, 0.29) is 21.7 Å². The van der Waals surface area contributed by atoms with Crippen molar-refractivity contribution in [3.63, 3.8) is 0 Å². The molecule has 92 heavy (non-hydrogen) atoms. The molecule has 0 unspecified atom stereocenters. The molecule has 6 aromatic heterocycles. The molecule has 0 spiro atoms. The Kier molecular flexibility index (Phi) is 11.3. The molecule has 8 heteroatoms. The van der Waals surface area contributed by atoms with Crippen LogP contribution in [0.5, 0.6) is 0 Å². The zero-order valence-electron chi connectivity index (χ0n) is 54.0. The minimum atomic E-state index is -0.321. The van der Waals surface area contributed by atoms with Crippen molar-refractivity contribution in [3.05, 3.63) is 233 Å². The lowest BCUT2D eigenvalue weighted by atomic mass is 9.82. The van der Waals surface area contributed by atoms with Crippen LogP contribution < -0.4 is 0 Å². The molecule has 0 saturated carbocycles. The Morgan fingerprint density at radius 2 is 0.696 bits per heavy atom. The molecule has 0 saturated heterocycles. The fourth-order valence-electron chi connectivity index (χ4n) is 15.4. The second-order valence-electron chi connectivity index (χ2n) is 29.5. The van der Waals surface area contributed by atoms with Gasteiger partial charge in [-0.25, -0.2) is 4.85 Å². The van der Waals surface area contributed by atoms with E-state index in [1.807, 2.05) is 12.1 Å². The van der Waals surface area contributed by atoms with Crippen LogP contribution in [0.2, 0.25) is 0 Å². The van der Waals surface area contributed by atoms with Crippen LogP contribution in [0.4, 0.5) is 5.69 Å². The van der Waals surface area contributed by atoms with Crippen molar-refractivity contribution in [1.82, 2.24) is 18.3 Å². The largest absolute Gasteiger partial charge is 0.454 e. The molecule has 17 rings (SSSR count). The first-order chi connectivity index (χ1) is 44.1. The number of aromatic nitrogens is 4. The third kappa shape index (κ3) is 7.55. The summed E-state index contributed by atoms with van der Waals surface area (Å²) in [4.78, 5) is 5.00. The van der Waals surface area contributed by atoms with Crippen LogP contribution in [0.25, 0.3) is 159 Å². The van der Waals surface area contributed by atoms with E-state index in [1.165, 1.54) is 5.56 Å². The molecular formula is C84H68N6O2. The van der Waals surface area contributed by atoms with Crippen LogP contribution in [0.15, 0.2) is 203 Å². The Morgan fingerprint density at radius 1 is 0.348 bits per heavy atom. The molecular weight excluding hydrogens is 1120 g/mol. The van der Waals surface area contributed by atoms with Crippen molar-refractivity contribution in [1.29, 1.82) is 5.26 Å². The van der Waals surface area contributed by atoms with Crippen molar-refractivity contribution in [2.45, 2.75) is 105 Å². The summed E-state index contributed by atoms with van der Waals surface area (Å²) in [5.74, 6) is 0. The standard InChI is InChI=1S/C84H68N6O2/c1-81(2,3)47-38-40-66-55(42-47)57-44-60(83(7,8)9)70-53-30-18-24-36-68(53)91-79(70)75(57)89(66)73-59(46-85)74(87-62-32-20-14-26-49(62)50-27-15-21-33-63(50)87)78(77(72(73)86-13)88-64-34-22-16-28-51(64)52-29-17-23-35-65(52)88)90-67-41-39-48(82(4,5)6)43-56(67)58-45-61(84(10,11)12)71-54-31-19-25-37-69(54)92-80(71)76(58)90/h14-45H,1-12H3. The first-order valence-electron chi connectivity index (χ1n) is 32.0. The molecule has 0 aliphatic heterocycles.